The highest BCUT2D eigenvalue weighted by Gasteiger charge is 2.35. The van der Waals surface area contributed by atoms with E-state index in [0.717, 1.165) is 38.6 Å². The van der Waals surface area contributed by atoms with Crippen LogP contribution in [0.4, 0.5) is 0 Å². The monoisotopic (exact) mass is 363 g/mol. The zero-order valence-electron chi connectivity index (χ0n) is 17.4. The molecule has 4 nitrogen and oxygen atoms in total. The van der Waals surface area contributed by atoms with Crippen LogP contribution < -0.4 is 5.32 Å². The van der Waals surface area contributed by atoms with Crippen molar-refractivity contribution in [2.45, 2.75) is 90.6 Å². The van der Waals surface area contributed by atoms with Gasteiger partial charge in [-0.1, -0.05) is 52.9 Å². The lowest BCUT2D eigenvalue weighted by atomic mass is 9.69. The maximum Gasteiger partial charge on any atom is 0.234 e. The molecular formula is C22H41N3O. The third kappa shape index (κ3) is 5.45. The van der Waals surface area contributed by atoms with Gasteiger partial charge in [0.15, 0.2) is 0 Å². The van der Waals surface area contributed by atoms with Gasteiger partial charge in [-0.15, -0.1) is 0 Å². The number of carbonyl (C=O) groups excluding carboxylic acids is 1. The van der Waals surface area contributed by atoms with Crippen molar-refractivity contribution in [2.75, 3.05) is 32.7 Å². The molecule has 1 saturated heterocycles. The fourth-order valence-corrected chi connectivity index (χ4v) is 5.53. The van der Waals surface area contributed by atoms with Gasteiger partial charge >= 0.3 is 0 Å². The first kappa shape index (κ1) is 20.1. The lowest BCUT2D eigenvalue weighted by Gasteiger charge is -2.42. The first-order chi connectivity index (χ1) is 12.4. The van der Waals surface area contributed by atoms with Crippen LogP contribution >= 0.6 is 0 Å². The Morgan fingerprint density at radius 3 is 2.15 bits per heavy atom. The van der Waals surface area contributed by atoms with E-state index in [4.69, 9.17) is 0 Å². The van der Waals surface area contributed by atoms with E-state index in [1.54, 1.807) is 0 Å². The normalized spacial score (nSPS) is 30.3. The lowest BCUT2D eigenvalue weighted by molar-refractivity contribution is -0.124. The summed E-state index contributed by atoms with van der Waals surface area (Å²) in [7, 11) is 0. The second-order valence-corrected chi connectivity index (χ2v) is 10.0. The third-order valence-electron chi connectivity index (χ3n) is 7.09. The molecule has 0 bridgehead atoms. The molecule has 1 heterocycles. The van der Waals surface area contributed by atoms with Crippen molar-refractivity contribution in [3.8, 4) is 0 Å². The van der Waals surface area contributed by atoms with Crippen LogP contribution in [0, 0.1) is 11.3 Å². The molecule has 0 aromatic heterocycles. The highest BCUT2D eigenvalue weighted by atomic mass is 16.2. The fourth-order valence-electron chi connectivity index (χ4n) is 5.53. The third-order valence-corrected chi connectivity index (χ3v) is 7.09. The largest absolute Gasteiger partial charge is 0.352 e. The van der Waals surface area contributed by atoms with Crippen molar-refractivity contribution >= 4 is 5.91 Å². The molecule has 0 aromatic carbocycles. The molecule has 3 fully saturated rings. The standard InChI is InChI=1S/C22H41N3O/c1-22(2,3)19-11-7-8-12-20(19)23-21(26)17-24-13-15-25(16-14-24)18-9-5-4-6-10-18/h18-20H,4-17H2,1-3H3,(H,23,26). The molecule has 26 heavy (non-hydrogen) atoms. The van der Waals surface area contributed by atoms with Crippen LogP contribution in [0.5, 0.6) is 0 Å². The molecule has 0 aromatic rings. The lowest BCUT2D eigenvalue weighted by Crippen LogP contribution is -2.54. The molecule has 3 aliphatic rings. The van der Waals surface area contributed by atoms with E-state index < -0.39 is 0 Å². The molecule has 2 saturated carbocycles. The molecule has 150 valence electrons. The number of hydrogen-bond donors (Lipinski definition) is 1. The van der Waals surface area contributed by atoms with Crippen LogP contribution in [0.15, 0.2) is 0 Å². The van der Waals surface area contributed by atoms with Crippen LogP contribution in [0.2, 0.25) is 0 Å². The summed E-state index contributed by atoms with van der Waals surface area (Å²) in [6.45, 7) is 12.0. The summed E-state index contributed by atoms with van der Waals surface area (Å²) in [5.74, 6) is 0.862. The van der Waals surface area contributed by atoms with Gasteiger partial charge in [0.05, 0.1) is 6.54 Å². The van der Waals surface area contributed by atoms with E-state index in [1.165, 1.54) is 51.4 Å². The highest BCUT2D eigenvalue weighted by Crippen LogP contribution is 2.38. The summed E-state index contributed by atoms with van der Waals surface area (Å²) in [6.07, 6.45) is 12.0. The zero-order chi connectivity index (χ0) is 18.6. The SMILES string of the molecule is CC(C)(C)C1CCCCC1NC(=O)CN1CCN(C2CCCCC2)CC1. The molecule has 1 amide bonds. The highest BCUT2D eigenvalue weighted by molar-refractivity contribution is 5.78. The molecule has 4 heteroatoms. The minimum atomic E-state index is 0.247. The summed E-state index contributed by atoms with van der Waals surface area (Å²) in [6, 6.07) is 1.19. The van der Waals surface area contributed by atoms with Crippen molar-refractivity contribution in [3.05, 3.63) is 0 Å². The number of carbonyl (C=O) groups is 1. The Kier molecular flexibility index (Phi) is 7.01. The summed E-state index contributed by atoms with van der Waals surface area (Å²) >= 11 is 0. The zero-order valence-corrected chi connectivity index (χ0v) is 17.4. The summed E-state index contributed by atoms with van der Waals surface area (Å²) < 4.78 is 0. The molecule has 2 aliphatic carbocycles. The van der Waals surface area contributed by atoms with Crippen LogP contribution in [-0.2, 0) is 4.79 Å². The molecule has 0 spiro atoms. The summed E-state index contributed by atoms with van der Waals surface area (Å²) in [5, 5.41) is 3.40. The molecule has 0 radical (unpaired) electrons. The van der Waals surface area contributed by atoms with Crippen LogP contribution in [0.3, 0.4) is 0 Å². The number of rotatable bonds is 4. The first-order valence-electron chi connectivity index (χ1n) is 11.2. The minimum Gasteiger partial charge on any atom is -0.352 e. The number of piperazine rings is 1. The second-order valence-electron chi connectivity index (χ2n) is 10.0. The van der Waals surface area contributed by atoms with E-state index in [2.05, 4.69) is 35.9 Å². The maximum absolute atomic E-state index is 12.7. The van der Waals surface area contributed by atoms with Gasteiger partial charge in [0, 0.05) is 38.3 Å². The van der Waals surface area contributed by atoms with Gasteiger partial charge in [-0.25, -0.2) is 0 Å². The van der Waals surface area contributed by atoms with Crippen LogP contribution in [0.25, 0.3) is 0 Å². The van der Waals surface area contributed by atoms with E-state index in [9.17, 15) is 4.79 Å². The number of nitrogens with zero attached hydrogens (tertiary/aromatic N) is 2. The fraction of sp³-hybridized carbons (Fsp3) is 0.955. The van der Waals surface area contributed by atoms with Gasteiger partial charge in [0.1, 0.15) is 0 Å². The Balaban J connectivity index is 1.42. The number of hydrogen-bond acceptors (Lipinski definition) is 3. The van der Waals surface area contributed by atoms with Crippen molar-refractivity contribution in [1.82, 2.24) is 15.1 Å². The van der Waals surface area contributed by atoms with Crippen molar-refractivity contribution in [1.29, 1.82) is 0 Å². The Morgan fingerprint density at radius 2 is 1.50 bits per heavy atom. The molecule has 1 N–H and O–H groups in total. The predicted octanol–water partition coefficient (Wildman–Crippen LogP) is 3.66. The molecular weight excluding hydrogens is 322 g/mol. The first-order valence-corrected chi connectivity index (χ1v) is 11.2. The van der Waals surface area contributed by atoms with Gasteiger partial charge in [-0.05, 0) is 37.0 Å². The van der Waals surface area contributed by atoms with E-state index in [1.807, 2.05) is 0 Å². The minimum absolute atomic E-state index is 0.247. The summed E-state index contributed by atoms with van der Waals surface area (Å²) in [4.78, 5) is 17.7. The Bertz CT molecular complexity index is 445. The number of amides is 1. The smallest absolute Gasteiger partial charge is 0.234 e. The van der Waals surface area contributed by atoms with Gasteiger partial charge in [0.2, 0.25) is 5.91 Å². The number of nitrogens with one attached hydrogen (secondary N) is 1. The maximum atomic E-state index is 12.7. The Labute approximate surface area is 161 Å². The average Bonchev–Trinajstić information content (AvgIpc) is 2.62. The second kappa shape index (κ2) is 9.05. The molecule has 3 rings (SSSR count). The van der Waals surface area contributed by atoms with E-state index in [-0.39, 0.29) is 11.3 Å². The van der Waals surface area contributed by atoms with Crippen molar-refractivity contribution in [2.24, 2.45) is 11.3 Å². The topological polar surface area (TPSA) is 35.6 Å². The molecule has 2 atom stereocenters. The Hall–Kier alpha value is -0.610. The van der Waals surface area contributed by atoms with Crippen LogP contribution in [-0.4, -0.2) is 60.5 Å². The van der Waals surface area contributed by atoms with Crippen LogP contribution in [0.1, 0.15) is 78.6 Å². The van der Waals surface area contributed by atoms with Gasteiger partial charge in [-0.2, -0.15) is 0 Å². The van der Waals surface area contributed by atoms with Crippen molar-refractivity contribution < 1.29 is 4.79 Å². The van der Waals surface area contributed by atoms with Crippen molar-refractivity contribution in [3.63, 3.8) is 0 Å². The van der Waals surface area contributed by atoms with E-state index >= 15 is 0 Å². The van der Waals surface area contributed by atoms with Gasteiger partial charge in [-0.3, -0.25) is 14.6 Å². The quantitative estimate of drug-likeness (QED) is 0.828. The molecule has 2 unspecified atom stereocenters. The Morgan fingerprint density at radius 1 is 0.885 bits per heavy atom. The average molecular weight is 364 g/mol. The predicted molar refractivity (Wildman–Crippen MR) is 108 cm³/mol. The van der Waals surface area contributed by atoms with E-state index in [0.29, 0.717) is 18.5 Å². The van der Waals surface area contributed by atoms with Gasteiger partial charge in [0.25, 0.3) is 0 Å². The van der Waals surface area contributed by atoms with Gasteiger partial charge < -0.3 is 5.32 Å². The molecule has 1 aliphatic heterocycles. The summed E-state index contributed by atoms with van der Waals surface area (Å²) in [5.41, 5.74) is 0.282.